The number of ether oxygens (including phenoxy) is 1. The molecule has 0 aromatic heterocycles. The number of benzene rings is 1. The van der Waals surface area contributed by atoms with Gasteiger partial charge in [0, 0.05) is 10.6 Å². The average Bonchev–Trinajstić information content (AvgIpc) is 2.39. The predicted octanol–water partition coefficient (Wildman–Crippen LogP) is 1.16. The van der Waals surface area contributed by atoms with Crippen LogP contribution in [0, 0.1) is 5.92 Å². The van der Waals surface area contributed by atoms with E-state index >= 15 is 0 Å². The molecule has 0 aliphatic carbocycles. The summed E-state index contributed by atoms with van der Waals surface area (Å²) in [6.07, 6.45) is 0. The lowest BCUT2D eigenvalue weighted by atomic mass is 10.1. The first-order chi connectivity index (χ1) is 9.66. The molecule has 0 saturated heterocycles. The fourth-order valence-electron chi connectivity index (χ4n) is 1.76. The zero-order valence-electron chi connectivity index (χ0n) is 11.6. The third-order valence-corrected chi connectivity index (χ3v) is 4.93. The Morgan fingerprint density at radius 2 is 2.00 bits per heavy atom. The third-order valence-electron chi connectivity index (χ3n) is 2.82. The highest BCUT2D eigenvalue weighted by Crippen LogP contribution is 2.21. The minimum atomic E-state index is -3.55. The molecule has 0 fully saturated rings. The highest BCUT2D eigenvalue weighted by Gasteiger charge is 2.23. The smallest absolute Gasteiger partial charge is 0.309 e. The number of sulfone groups is 1. The van der Waals surface area contributed by atoms with Crippen LogP contribution >= 0.6 is 11.6 Å². The molecule has 0 radical (unpaired) electrons. The molecule has 2 N–H and O–H groups in total. The van der Waals surface area contributed by atoms with Gasteiger partial charge < -0.3 is 10.5 Å². The summed E-state index contributed by atoms with van der Waals surface area (Å²) < 4.78 is 28.6. The molecule has 1 atom stereocenters. The highest BCUT2D eigenvalue weighted by molar-refractivity contribution is 7.90. The van der Waals surface area contributed by atoms with E-state index in [-0.39, 0.29) is 22.1 Å². The fraction of sp³-hybridized carbons (Fsp3) is 0.385. The van der Waals surface area contributed by atoms with E-state index in [0.717, 1.165) is 0 Å². The van der Waals surface area contributed by atoms with Crippen LogP contribution < -0.4 is 5.73 Å². The third kappa shape index (κ3) is 5.02. The molecule has 21 heavy (non-hydrogen) atoms. The van der Waals surface area contributed by atoms with Gasteiger partial charge in [0.15, 0.2) is 9.84 Å². The van der Waals surface area contributed by atoms with Crippen LogP contribution in [0.2, 0.25) is 5.02 Å². The van der Waals surface area contributed by atoms with Crippen LogP contribution in [0.15, 0.2) is 18.2 Å². The van der Waals surface area contributed by atoms with Crippen molar-refractivity contribution in [2.45, 2.75) is 12.7 Å². The molecule has 1 unspecified atom stereocenters. The van der Waals surface area contributed by atoms with Gasteiger partial charge in [0.1, 0.15) is 0 Å². The lowest BCUT2D eigenvalue weighted by Crippen LogP contribution is -2.23. The Labute approximate surface area is 128 Å². The molecule has 1 aromatic carbocycles. The summed E-state index contributed by atoms with van der Waals surface area (Å²) in [5, 5.41) is 0.139. The van der Waals surface area contributed by atoms with E-state index in [9.17, 15) is 18.0 Å². The second-order valence-corrected chi connectivity index (χ2v) is 7.17. The Bertz CT molecular complexity index is 657. The van der Waals surface area contributed by atoms with Crippen LogP contribution in [0.1, 0.15) is 22.8 Å². The van der Waals surface area contributed by atoms with Crippen LogP contribution in [-0.2, 0) is 25.1 Å². The van der Waals surface area contributed by atoms with Crippen molar-refractivity contribution in [2.24, 2.45) is 11.7 Å². The molecule has 0 spiro atoms. The van der Waals surface area contributed by atoms with Crippen molar-refractivity contribution >= 4 is 33.3 Å². The van der Waals surface area contributed by atoms with Crippen LogP contribution in [-0.4, -0.2) is 33.2 Å². The Balaban J connectivity index is 2.89. The first kappa shape index (κ1) is 17.5. The molecule has 0 saturated carbocycles. The van der Waals surface area contributed by atoms with Gasteiger partial charge in [-0.3, -0.25) is 9.59 Å². The molecule has 0 aliphatic heterocycles. The van der Waals surface area contributed by atoms with E-state index in [4.69, 9.17) is 17.3 Å². The van der Waals surface area contributed by atoms with Gasteiger partial charge in [0.2, 0.25) is 5.91 Å². The topological polar surface area (TPSA) is 104 Å². The van der Waals surface area contributed by atoms with Gasteiger partial charge in [0.05, 0.1) is 24.5 Å². The summed E-state index contributed by atoms with van der Waals surface area (Å²) in [6, 6.07) is 4.16. The number of nitrogens with two attached hydrogens (primary N) is 1. The summed E-state index contributed by atoms with van der Waals surface area (Å²) in [7, 11) is -2.35. The van der Waals surface area contributed by atoms with Gasteiger partial charge in [0.25, 0.3) is 0 Å². The van der Waals surface area contributed by atoms with Crippen LogP contribution in [0.4, 0.5) is 0 Å². The zero-order chi connectivity index (χ0) is 16.2. The summed E-state index contributed by atoms with van der Waals surface area (Å²) in [5.74, 6) is -2.66. The van der Waals surface area contributed by atoms with Crippen molar-refractivity contribution in [2.75, 3.05) is 12.9 Å². The van der Waals surface area contributed by atoms with E-state index in [1.165, 1.54) is 32.2 Å². The Hall–Kier alpha value is -1.60. The Morgan fingerprint density at radius 3 is 2.48 bits per heavy atom. The monoisotopic (exact) mass is 333 g/mol. The Kier molecular flexibility index (Phi) is 5.74. The molecule has 1 amide bonds. The lowest BCUT2D eigenvalue weighted by molar-refractivity contribution is -0.144. The number of methoxy groups -OCH3 is 1. The molecular weight excluding hydrogens is 318 g/mol. The van der Waals surface area contributed by atoms with Gasteiger partial charge in [-0.2, -0.15) is 0 Å². The van der Waals surface area contributed by atoms with Crippen LogP contribution in [0.5, 0.6) is 0 Å². The van der Waals surface area contributed by atoms with Crippen molar-refractivity contribution in [3.63, 3.8) is 0 Å². The molecule has 0 aliphatic rings. The van der Waals surface area contributed by atoms with E-state index in [1.54, 1.807) is 0 Å². The van der Waals surface area contributed by atoms with E-state index in [2.05, 4.69) is 4.74 Å². The normalized spacial score (nSPS) is 12.7. The van der Waals surface area contributed by atoms with Crippen molar-refractivity contribution in [1.29, 1.82) is 0 Å². The van der Waals surface area contributed by atoms with Crippen molar-refractivity contribution in [1.82, 2.24) is 0 Å². The second-order valence-electron chi connectivity index (χ2n) is 4.65. The maximum absolute atomic E-state index is 12.0. The number of hydrogen-bond donors (Lipinski definition) is 1. The van der Waals surface area contributed by atoms with E-state index in [0.29, 0.717) is 5.56 Å². The summed E-state index contributed by atoms with van der Waals surface area (Å²) in [4.78, 5) is 22.3. The standard InChI is InChI=1S/C13H16ClNO5S/c1-8(13(17)20-2)6-21(18,19)7-10-4-3-9(12(15)16)5-11(10)14/h3-5,8H,6-7H2,1-2H3,(H2,15,16). The second kappa shape index (κ2) is 6.91. The van der Waals surface area contributed by atoms with Crippen LogP contribution in [0.3, 0.4) is 0 Å². The largest absolute Gasteiger partial charge is 0.469 e. The quantitative estimate of drug-likeness (QED) is 0.787. The van der Waals surface area contributed by atoms with Crippen LogP contribution in [0.25, 0.3) is 0 Å². The number of amides is 1. The molecule has 6 nitrogen and oxygen atoms in total. The summed E-state index contributed by atoms with van der Waals surface area (Å²) in [5.41, 5.74) is 5.65. The number of primary amides is 1. The number of esters is 1. The van der Waals surface area contributed by atoms with Crippen molar-refractivity contribution in [3.8, 4) is 0 Å². The van der Waals surface area contributed by atoms with Gasteiger partial charge in [-0.15, -0.1) is 0 Å². The van der Waals surface area contributed by atoms with Gasteiger partial charge in [-0.1, -0.05) is 24.6 Å². The maximum atomic E-state index is 12.0. The zero-order valence-corrected chi connectivity index (χ0v) is 13.2. The fourth-order valence-corrected chi connectivity index (χ4v) is 3.83. The number of carbonyl (C=O) groups excluding carboxylic acids is 2. The van der Waals surface area contributed by atoms with Gasteiger partial charge in [-0.05, 0) is 17.7 Å². The Morgan fingerprint density at radius 1 is 1.38 bits per heavy atom. The average molecular weight is 334 g/mol. The number of halogens is 1. The molecule has 1 aromatic rings. The molecule has 8 heteroatoms. The first-order valence-corrected chi connectivity index (χ1v) is 8.22. The molecule has 1 rings (SSSR count). The molecule has 116 valence electrons. The van der Waals surface area contributed by atoms with E-state index in [1.807, 2.05) is 0 Å². The first-order valence-electron chi connectivity index (χ1n) is 6.02. The van der Waals surface area contributed by atoms with Gasteiger partial charge >= 0.3 is 5.97 Å². The number of carbonyl (C=O) groups is 2. The predicted molar refractivity (Wildman–Crippen MR) is 78.6 cm³/mol. The summed E-state index contributed by atoms with van der Waals surface area (Å²) >= 11 is 5.94. The van der Waals surface area contributed by atoms with E-state index < -0.39 is 27.6 Å². The summed E-state index contributed by atoms with van der Waals surface area (Å²) in [6.45, 7) is 1.47. The maximum Gasteiger partial charge on any atom is 0.309 e. The SMILES string of the molecule is COC(=O)C(C)CS(=O)(=O)Cc1ccc(C(N)=O)cc1Cl. The highest BCUT2D eigenvalue weighted by atomic mass is 35.5. The minimum Gasteiger partial charge on any atom is -0.469 e. The number of rotatable bonds is 6. The molecule has 0 bridgehead atoms. The van der Waals surface area contributed by atoms with Crippen molar-refractivity contribution < 1.29 is 22.7 Å². The molecular formula is C13H16ClNO5S. The van der Waals surface area contributed by atoms with Gasteiger partial charge in [-0.25, -0.2) is 8.42 Å². The minimum absolute atomic E-state index is 0.139. The molecule has 0 heterocycles. The van der Waals surface area contributed by atoms with Crippen molar-refractivity contribution in [3.05, 3.63) is 34.3 Å². The number of hydrogen-bond acceptors (Lipinski definition) is 5. The lowest BCUT2D eigenvalue weighted by Gasteiger charge is -2.11.